The Morgan fingerprint density at radius 2 is 2.28 bits per heavy atom. The molecule has 94 valence electrons. The standard InChI is InChI=1S/C12H13N3O3/c1-3-15-8-10(7-13-15)18-12(17)9-4-5-14(2)11(16)6-9/h4-8H,3H2,1-2H3. The van der Waals surface area contributed by atoms with Crippen LogP contribution in [0.2, 0.25) is 0 Å². The van der Waals surface area contributed by atoms with Crippen molar-refractivity contribution in [3.63, 3.8) is 0 Å². The average molecular weight is 247 g/mol. The summed E-state index contributed by atoms with van der Waals surface area (Å²) in [6.07, 6.45) is 4.61. The first-order valence-electron chi connectivity index (χ1n) is 5.51. The molecule has 6 heteroatoms. The highest BCUT2D eigenvalue weighted by Crippen LogP contribution is 2.10. The van der Waals surface area contributed by atoms with E-state index in [0.29, 0.717) is 12.3 Å². The molecule has 0 atom stereocenters. The fourth-order valence-corrected chi connectivity index (χ4v) is 1.41. The molecular formula is C12H13N3O3. The van der Waals surface area contributed by atoms with Gasteiger partial charge >= 0.3 is 5.97 Å². The molecule has 0 aliphatic carbocycles. The molecule has 0 fully saturated rings. The van der Waals surface area contributed by atoms with Crippen molar-refractivity contribution in [2.75, 3.05) is 0 Å². The Labute approximate surface area is 103 Å². The van der Waals surface area contributed by atoms with Crippen molar-refractivity contribution in [2.45, 2.75) is 13.5 Å². The summed E-state index contributed by atoms with van der Waals surface area (Å²) in [5.74, 6) is -0.203. The summed E-state index contributed by atoms with van der Waals surface area (Å²) in [5.41, 5.74) is -0.0314. The van der Waals surface area contributed by atoms with Crippen molar-refractivity contribution >= 4 is 5.97 Å². The normalized spacial score (nSPS) is 10.3. The molecule has 2 heterocycles. The monoisotopic (exact) mass is 247 g/mol. The minimum atomic E-state index is -0.566. The van der Waals surface area contributed by atoms with Gasteiger partial charge in [-0.05, 0) is 13.0 Å². The molecule has 2 rings (SSSR count). The van der Waals surface area contributed by atoms with Gasteiger partial charge in [0.15, 0.2) is 5.75 Å². The summed E-state index contributed by atoms with van der Waals surface area (Å²) >= 11 is 0. The van der Waals surface area contributed by atoms with E-state index in [1.165, 1.54) is 29.1 Å². The third-order valence-corrected chi connectivity index (χ3v) is 2.48. The van der Waals surface area contributed by atoms with Crippen molar-refractivity contribution in [1.82, 2.24) is 14.3 Å². The van der Waals surface area contributed by atoms with Crippen LogP contribution in [-0.2, 0) is 13.6 Å². The zero-order valence-corrected chi connectivity index (χ0v) is 10.2. The Morgan fingerprint density at radius 1 is 1.50 bits per heavy atom. The molecule has 2 aromatic heterocycles. The van der Waals surface area contributed by atoms with Crippen molar-refractivity contribution < 1.29 is 9.53 Å². The largest absolute Gasteiger partial charge is 0.420 e. The van der Waals surface area contributed by atoms with Gasteiger partial charge in [0.2, 0.25) is 0 Å². The van der Waals surface area contributed by atoms with E-state index in [0.717, 1.165) is 0 Å². The molecule has 0 spiro atoms. The lowest BCUT2D eigenvalue weighted by atomic mass is 10.3. The summed E-state index contributed by atoms with van der Waals surface area (Å²) in [7, 11) is 1.61. The molecule has 0 aromatic carbocycles. The molecule has 0 bridgehead atoms. The minimum absolute atomic E-state index is 0.224. The lowest BCUT2D eigenvalue weighted by Gasteiger charge is -2.02. The highest BCUT2D eigenvalue weighted by atomic mass is 16.5. The molecule has 0 unspecified atom stereocenters. The van der Waals surface area contributed by atoms with E-state index < -0.39 is 5.97 Å². The smallest absolute Gasteiger partial charge is 0.343 e. The molecule has 0 aliphatic rings. The van der Waals surface area contributed by atoms with Crippen LogP contribution in [0.4, 0.5) is 0 Å². The second-order valence-corrected chi connectivity index (χ2v) is 3.79. The van der Waals surface area contributed by atoms with Crippen molar-refractivity contribution in [2.24, 2.45) is 7.05 Å². The third kappa shape index (κ3) is 2.48. The first-order chi connectivity index (χ1) is 8.60. The SMILES string of the molecule is CCn1cc(OC(=O)c2ccn(C)c(=O)c2)cn1. The highest BCUT2D eigenvalue weighted by Gasteiger charge is 2.10. The Morgan fingerprint density at radius 3 is 2.89 bits per heavy atom. The van der Waals surface area contributed by atoms with Crippen LogP contribution in [0.3, 0.4) is 0 Å². The van der Waals surface area contributed by atoms with E-state index in [2.05, 4.69) is 5.10 Å². The van der Waals surface area contributed by atoms with E-state index >= 15 is 0 Å². The predicted octanol–water partition coefficient (Wildman–Crippen LogP) is 0.821. The molecule has 0 aliphatic heterocycles. The fourth-order valence-electron chi connectivity index (χ4n) is 1.41. The van der Waals surface area contributed by atoms with Gasteiger partial charge in [0.25, 0.3) is 5.56 Å². The number of carbonyl (C=O) groups excluding carboxylic acids is 1. The van der Waals surface area contributed by atoms with Crippen LogP contribution in [0.15, 0.2) is 35.5 Å². The van der Waals surface area contributed by atoms with Crippen LogP contribution >= 0.6 is 0 Å². The molecule has 6 nitrogen and oxygen atoms in total. The molecular weight excluding hydrogens is 234 g/mol. The van der Waals surface area contributed by atoms with Gasteiger partial charge in [-0.1, -0.05) is 0 Å². The maximum atomic E-state index is 11.8. The summed E-state index contributed by atoms with van der Waals surface area (Å²) in [4.78, 5) is 23.2. The Balaban J connectivity index is 2.16. The molecule has 0 N–H and O–H groups in total. The quantitative estimate of drug-likeness (QED) is 0.753. The lowest BCUT2D eigenvalue weighted by Crippen LogP contribution is -2.18. The number of aromatic nitrogens is 3. The molecule has 0 saturated heterocycles. The maximum Gasteiger partial charge on any atom is 0.343 e. The Hall–Kier alpha value is -2.37. The summed E-state index contributed by atoms with van der Waals surface area (Å²) < 4.78 is 8.13. The van der Waals surface area contributed by atoms with Crippen LogP contribution in [-0.4, -0.2) is 20.3 Å². The molecule has 0 amide bonds. The predicted molar refractivity (Wildman–Crippen MR) is 64.5 cm³/mol. The van der Waals surface area contributed by atoms with Gasteiger partial charge in [-0.2, -0.15) is 5.10 Å². The van der Waals surface area contributed by atoms with E-state index in [4.69, 9.17) is 4.74 Å². The maximum absolute atomic E-state index is 11.8. The van der Waals surface area contributed by atoms with Crippen molar-refractivity contribution in [3.8, 4) is 5.75 Å². The highest BCUT2D eigenvalue weighted by molar-refractivity contribution is 5.90. The number of ether oxygens (including phenoxy) is 1. The van der Waals surface area contributed by atoms with E-state index in [1.54, 1.807) is 17.9 Å². The minimum Gasteiger partial charge on any atom is -0.420 e. The number of hydrogen-bond donors (Lipinski definition) is 0. The Bertz CT molecular complexity index is 627. The topological polar surface area (TPSA) is 66.1 Å². The van der Waals surface area contributed by atoms with Gasteiger partial charge in [-0.25, -0.2) is 4.79 Å². The van der Waals surface area contributed by atoms with Crippen LogP contribution in [0.5, 0.6) is 5.75 Å². The summed E-state index contributed by atoms with van der Waals surface area (Å²) in [5, 5.41) is 3.99. The van der Waals surface area contributed by atoms with Gasteiger partial charge in [0, 0.05) is 25.9 Å². The first kappa shape index (κ1) is 12.1. The summed E-state index contributed by atoms with van der Waals surface area (Å²) in [6.45, 7) is 2.63. The van der Waals surface area contributed by atoms with Crippen LogP contribution in [0, 0.1) is 0 Å². The van der Waals surface area contributed by atoms with E-state index in [-0.39, 0.29) is 11.1 Å². The second-order valence-electron chi connectivity index (χ2n) is 3.79. The number of nitrogens with zero attached hydrogens (tertiary/aromatic N) is 3. The fraction of sp³-hybridized carbons (Fsp3) is 0.250. The number of hydrogen-bond acceptors (Lipinski definition) is 4. The van der Waals surface area contributed by atoms with Crippen LogP contribution in [0.1, 0.15) is 17.3 Å². The van der Waals surface area contributed by atoms with E-state index in [9.17, 15) is 9.59 Å². The van der Waals surface area contributed by atoms with Gasteiger partial charge in [-0.3, -0.25) is 9.48 Å². The molecule has 0 saturated carbocycles. The molecule has 2 aromatic rings. The number of pyridine rings is 1. The molecule has 0 radical (unpaired) electrons. The van der Waals surface area contributed by atoms with Crippen molar-refractivity contribution in [1.29, 1.82) is 0 Å². The Kier molecular flexibility index (Phi) is 3.27. The zero-order valence-electron chi connectivity index (χ0n) is 10.2. The van der Waals surface area contributed by atoms with Gasteiger partial charge in [0.05, 0.1) is 18.0 Å². The van der Waals surface area contributed by atoms with Crippen molar-refractivity contribution in [3.05, 3.63) is 46.6 Å². The van der Waals surface area contributed by atoms with Crippen LogP contribution < -0.4 is 10.3 Å². The second kappa shape index (κ2) is 4.87. The van der Waals surface area contributed by atoms with Gasteiger partial charge < -0.3 is 9.30 Å². The third-order valence-electron chi connectivity index (χ3n) is 2.48. The first-order valence-corrected chi connectivity index (χ1v) is 5.51. The van der Waals surface area contributed by atoms with E-state index in [1.807, 2.05) is 6.92 Å². The number of aryl methyl sites for hydroxylation is 2. The zero-order chi connectivity index (χ0) is 13.1. The average Bonchev–Trinajstić information content (AvgIpc) is 2.80. The number of esters is 1. The van der Waals surface area contributed by atoms with Gasteiger partial charge in [0.1, 0.15) is 0 Å². The molecule has 18 heavy (non-hydrogen) atoms. The van der Waals surface area contributed by atoms with Gasteiger partial charge in [-0.15, -0.1) is 0 Å². The van der Waals surface area contributed by atoms with Crippen LogP contribution in [0.25, 0.3) is 0 Å². The summed E-state index contributed by atoms with van der Waals surface area (Å²) in [6, 6.07) is 2.78. The lowest BCUT2D eigenvalue weighted by molar-refractivity contribution is 0.0734. The number of rotatable bonds is 3. The number of carbonyl (C=O) groups is 1.